The van der Waals surface area contributed by atoms with Gasteiger partial charge >= 0.3 is 0 Å². The van der Waals surface area contributed by atoms with Gasteiger partial charge < -0.3 is 4.79 Å². The minimum atomic E-state index is 0.167. The van der Waals surface area contributed by atoms with Crippen molar-refractivity contribution in [2.24, 2.45) is 0 Å². The van der Waals surface area contributed by atoms with Gasteiger partial charge in [-0.2, -0.15) is 0 Å². The Morgan fingerprint density at radius 1 is 0.519 bits per heavy atom. The molecule has 0 unspecified atom stereocenters. The number of carbonyl (C=O) groups excluding carboxylic acids is 1. The summed E-state index contributed by atoms with van der Waals surface area (Å²) < 4.78 is 0. The van der Waals surface area contributed by atoms with Gasteiger partial charge in [-0.05, 0) is 31.9 Å². The monoisotopic (exact) mass is 364 g/mol. The van der Waals surface area contributed by atoms with Crippen molar-refractivity contribution in [1.29, 1.82) is 0 Å². The average Bonchev–Trinajstić information content (AvgIpc) is 2.73. The van der Waals surface area contributed by atoms with E-state index >= 15 is 0 Å². The molecule has 3 aromatic rings. The smallest absolute Gasteiger partial charge is 0.126 e. The topological polar surface area (TPSA) is 17.1 Å². The first-order valence-corrected chi connectivity index (χ1v) is 9.69. The molecule has 3 rings (SSSR count). The van der Waals surface area contributed by atoms with Gasteiger partial charge in [-0.25, -0.2) is 0 Å². The molecule has 0 saturated carbocycles. The summed E-state index contributed by atoms with van der Waals surface area (Å²) in [6, 6.07) is 31.0. The van der Waals surface area contributed by atoms with Crippen LogP contribution in [0, 0.1) is 6.92 Å². The summed E-state index contributed by atoms with van der Waals surface area (Å²) in [6.07, 6.45) is 0. The second-order valence-corrected chi connectivity index (χ2v) is 5.29. The molecule has 0 aliphatic heterocycles. The predicted molar refractivity (Wildman–Crippen MR) is 122 cm³/mol. The molecule has 0 aromatic heterocycles. The van der Waals surface area contributed by atoms with Crippen LogP contribution in [0.4, 0.5) is 0 Å². The fraction of sp³-hybridized carbons (Fsp3) is 0.269. The molecule has 1 heteroatoms. The zero-order valence-corrected chi connectivity index (χ0v) is 18.1. The number of Topliss-reactive ketones (excluding diaryl/α,β-unsaturated/α-hetero) is 1. The van der Waals surface area contributed by atoms with Crippen molar-refractivity contribution in [1.82, 2.24) is 0 Å². The number of aryl methyl sites for hydroxylation is 1. The molecule has 0 heterocycles. The van der Waals surface area contributed by atoms with E-state index in [0.29, 0.717) is 0 Å². The fourth-order valence-electron chi connectivity index (χ4n) is 1.80. The molecule has 0 amide bonds. The second-order valence-electron chi connectivity index (χ2n) is 5.29. The van der Waals surface area contributed by atoms with Crippen LogP contribution in [0.25, 0.3) is 11.1 Å². The molecule has 27 heavy (non-hydrogen) atoms. The van der Waals surface area contributed by atoms with Gasteiger partial charge in [0.2, 0.25) is 0 Å². The van der Waals surface area contributed by atoms with Crippen LogP contribution in [0.2, 0.25) is 0 Å². The minimum absolute atomic E-state index is 0.167. The van der Waals surface area contributed by atoms with Crippen LogP contribution in [0.15, 0.2) is 91.0 Å². The van der Waals surface area contributed by atoms with Gasteiger partial charge in [0.15, 0.2) is 0 Å². The fourth-order valence-corrected chi connectivity index (χ4v) is 1.80. The Morgan fingerprint density at radius 3 is 0.926 bits per heavy atom. The Hall–Kier alpha value is -2.67. The highest BCUT2D eigenvalue weighted by molar-refractivity contribution is 5.72. The molecule has 1 nitrogen and oxygen atoms in total. The zero-order chi connectivity index (χ0) is 20.9. The highest BCUT2D eigenvalue weighted by Crippen LogP contribution is 2.17. The molecule has 0 bridgehead atoms. The molecular formula is C26H36O. The van der Waals surface area contributed by atoms with Gasteiger partial charge in [0.25, 0.3) is 0 Å². The van der Waals surface area contributed by atoms with E-state index in [1.807, 2.05) is 58.0 Å². The maximum Gasteiger partial charge on any atom is 0.126 e. The average molecular weight is 365 g/mol. The molecular weight excluding hydrogens is 328 g/mol. The number of benzene rings is 3. The lowest BCUT2D eigenvalue weighted by atomic mass is 10.1. The highest BCUT2D eigenvalue weighted by Gasteiger charge is 1.91. The molecule has 0 fully saturated rings. The summed E-state index contributed by atoms with van der Waals surface area (Å²) in [5, 5.41) is 0. The normalized spacial score (nSPS) is 7.96. The van der Waals surface area contributed by atoms with E-state index in [0.717, 1.165) is 0 Å². The van der Waals surface area contributed by atoms with E-state index in [-0.39, 0.29) is 5.78 Å². The first-order chi connectivity index (χ1) is 13.1. The van der Waals surface area contributed by atoms with Gasteiger partial charge in [0.1, 0.15) is 5.78 Å². The maximum atomic E-state index is 9.44. The van der Waals surface area contributed by atoms with Crippen LogP contribution in [0.5, 0.6) is 0 Å². The molecule has 0 aliphatic rings. The van der Waals surface area contributed by atoms with Crippen molar-refractivity contribution < 1.29 is 4.79 Å². The van der Waals surface area contributed by atoms with Gasteiger partial charge in [0, 0.05) is 0 Å². The number of rotatable bonds is 1. The maximum absolute atomic E-state index is 9.44. The van der Waals surface area contributed by atoms with Crippen LogP contribution in [-0.2, 0) is 4.79 Å². The number of ketones is 1. The van der Waals surface area contributed by atoms with Crippen LogP contribution < -0.4 is 0 Å². The van der Waals surface area contributed by atoms with Crippen molar-refractivity contribution in [2.45, 2.75) is 48.5 Å². The summed E-state index contributed by atoms with van der Waals surface area (Å²) >= 11 is 0. The summed E-state index contributed by atoms with van der Waals surface area (Å²) in [7, 11) is 0. The first kappa shape index (κ1) is 26.6. The van der Waals surface area contributed by atoms with Crippen molar-refractivity contribution in [3.8, 4) is 11.1 Å². The van der Waals surface area contributed by atoms with E-state index in [2.05, 4.69) is 67.6 Å². The van der Waals surface area contributed by atoms with Gasteiger partial charge in [0.05, 0.1) is 0 Å². The lowest BCUT2D eigenvalue weighted by Crippen LogP contribution is -1.73. The van der Waals surface area contributed by atoms with Gasteiger partial charge in [-0.15, -0.1) is 0 Å². The summed E-state index contributed by atoms with van der Waals surface area (Å²) in [6.45, 7) is 13.1. The summed E-state index contributed by atoms with van der Waals surface area (Å²) in [5.74, 6) is 0.167. The van der Waals surface area contributed by atoms with E-state index in [4.69, 9.17) is 0 Å². The second kappa shape index (κ2) is 19.7. The van der Waals surface area contributed by atoms with Crippen molar-refractivity contribution in [3.05, 3.63) is 96.6 Å². The molecule has 0 spiro atoms. The van der Waals surface area contributed by atoms with Crippen molar-refractivity contribution in [3.63, 3.8) is 0 Å². The van der Waals surface area contributed by atoms with E-state index in [1.165, 1.54) is 30.5 Å². The largest absolute Gasteiger partial charge is 0.300 e. The standard InChI is InChI=1S/C12H10.C7H8.C3H6O.2C2H6/c1-3-7-11(8-4-1)12-9-5-2-6-10-12;1-7-5-3-2-4-6-7;1-3(2)4;2*1-2/h1-10H;2-6H,1H3;1-2H3;2*1-2H3. The van der Waals surface area contributed by atoms with Crippen LogP contribution in [0.1, 0.15) is 47.1 Å². The first-order valence-electron chi connectivity index (χ1n) is 9.69. The zero-order valence-electron chi connectivity index (χ0n) is 18.1. The SMILES string of the molecule is CC.CC.CC(C)=O.Cc1ccccc1.c1ccc(-c2ccccc2)cc1. The molecule has 0 aliphatic carbocycles. The third kappa shape index (κ3) is 16.5. The lowest BCUT2D eigenvalue weighted by Gasteiger charge is -1.98. The van der Waals surface area contributed by atoms with Crippen molar-refractivity contribution >= 4 is 5.78 Å². The third-order valence-electron chi connectivity index (χ3n) is 2.82. The Bertz CT molecular complexity index is 617. The number of carbonyl (C=O) groups is 1. The van der Waals surface area contributed by atoms with E-state index < -0.39 is 0 Å². The predicted octanol–water partition coefficient (Wildman–Crippen LogP) is 8.00. The number of hydrogen-bond donors (Lipinski definition) is 0. The van der Waals surface area contributed by atoms with Gasteiger partial charge in [-0.3, -0.25) is 0 Å². The molecule has 146 valence electrons. The summed E-state index contributed by atoms with van der Waals surface area (Å²) in [4.78, 5) is 9.44. The Labute approximate surface area is 167 Å². The molecule has 0 atom stereocenters. The highest BCUT2D eigenvalue weighted by atomic mass is 16.1. The van der Waals surface area contributed by atoms with Crippen LogP contribution >= 0.6 is 0 Å². The van der Waals surface area contributed by atoms with Gasteiger partial charge in [-0.1, -0.05) is 124 Å². The summed E-state index contributed by atoms with van der Waals surface area (Å²) in [5.41, 5.74) is 3.87. The molecule has 0 saturated heterocycles. The number of hydrogen-bond acceptors (Lipinski definition) is 1. The third-order valence-corrected chi connectivity index (χ3v) is 2.82. The van der Waals surface area contributed by atoms with Crippen molar-refractivity contribution in [2.75, 3.05) is 0 Å². The Morgan fingerprint density at radius 2 is 0.741 bits per heavy atom. The minimum Gasteiger partial charge on any atom is -0.300 e. The Kier molecular flexibility index (Phi) is 19.3. The lowest BCUT2D eigenvalue weighted by molar-refractivity contribution is -0.114. The van der Waals surface area contributed by atoms with Crippen LogP contribution in [-0.4, -0.2) is 5.78 Å². The molecule has 0 radical (unpaired) electrons. The van der Waals surface area contributed by atoms with Crippen LogP contribution in [0.3, 0.4) is 0 Å². The Balaban J connectivity index is 0. The molecule has 3 aromatic carbocycles. The van der Waals surface area contributed by atoms with E-state index in [9.17, 15) is 4.79 Å². The van der Waals surface area contributed by atoms with E-state index in [1.54, 1.807) is 0 Å². The quantitative estimate of drug-likeness (QED) is 0.427. The molecule has 0 N–H and O–H groups in total.